The molecule has 0 aliphatic carbocycles. The fraction of sp³-hybridized carbons (Fsp3) is 0.429. The minimum Gasteiger partial charge on any atom is -0.329 e. The predicted octanol–water partition coefficient (Wildman–Crippen LogP) is 0.374. The maximum absolute atomic E-state index is 11.5. The Morgan fingerprint density at radius 3 is 2.85 bits per heavy atom. The molecule has 0 saturated carbocycles. The molecular weight excluding hydrogens is 208 g/mol. The summed E-state index contributed by atoms with van der Waals surface area (Å²) in [6.45, 7) is 2.02. The molecule has 1 atom stereocenters. The first-order valence-corrected chi connectivity index (χ1v) is 6.18. The quantitative estimate of drug-likeness (QED) is 0.770. The topological polar surface area (TPSA) is 72.2 Å². The molecule has 74 valence electrons. The molecule has 1 aromatic rings. The van der Waals surface area contributed by atoms with Crippen molar-refractivity contribution >= 4 is 21.4 Å². The number of nitrogens with one attached hydrogen (secondary N) is 1. The van der Waals surface area contributed by atoms with Gasteiger partial charge in [0.2, 0.25) is 10.0 Å². The van der Waals surface area contributed by atoms with Gasteiger partial charge in [0.25, 0.3) is 0 Å². The van der Waals surface area contributed by atoms with Crippen molar-refractivity contribution in [1.82, 2.24) is 4.72 Å². The summed E-state index contributed by atoms with van der Waals surface area (Å²) in [5, 5.41) is 1.72. The monoisotopic (exact) mass is 220 g/mol. The Morgan fingerprint density at radius 2 is 2.38 bits per heavy atom. The van der Waals surface area contributed by atoms with E-state index in [2.05, 4.69) is 4.72 Å². The Hall–Kier alpha value is -0.430. The Labute approximate surface area is 81.8 Å². The van der Waals surface area contributed by atoms with Crippen molar-refractivity contribution in [3.63, 3.8) is 0 Å². The maximum atomic E-state index is 11.5. The minimum absolute atomic E-state index is 0.230. The van der Waals surface area contributed by atoms with Crippen LogP contribution in [-0.2, 0) is 10.0 Å². The van der Waals surface area contributed by atoms with E-state index in [1.54, 1.807) is 24.4 Å². The lowest BCUT2D eigenvalue weighted by molar-refractivity contribution is 0.564. The van der Waals surface area contributed by atoms with Gasteiger partial charge in [-0.1, -0.05) is 6.07 Å². The zero-order chi connectivity index (χ0) is 9.90. The van der Waals surface area contributed by atoms with Crippen LogP contribution in [0.1, 0.15) is 6.92 Å². The van der Waals surface area contributed by atoms with Gasteiger partial charge in [0.05, 0.1) is 0 Å². The molecular formula is C7H12N2O2S2. The van der Waals surface area contributed by atoms with Crippen LogP contribution in [0.5, 0.6) is 0 Å². The van der Waals surface area contributed by atoms with E-state index in [0.717, 1.165) is 0 Å². The molecule has 13 heavy (non-hydrogen) atoms. The molecule has 0 aromatic carbocycles. The van der Waals surface area contributed by atoms with Gasteiger partial charge < -0.3 is 5.73 Å². The third kappa shape index (κ3) is 2.77. The van der Waals surface area contributed by atoms with E-state index < -0.39 is 10.0 Å². The van der Waals surface area contributed by atoms with Crippen LogP contribution < -0.4 is 10.5 Å². The lowest BCUT2D eigenvalue weighted by atomic mass is 10.4. The second kappa shape index (κ2) is 4.19. The molecule has 0 amide bonds. The predicted molar refractivity (Wildman–Crippen MR) is 53.2 cm³/mol. The second-order valence-electron chi connectivity index (χ2n) is 2.69. The van der Waals surface area contributed by atoms with Gasteiger partial charge in [-0.25, -0.2) is 13.1 Å². The Morgan fingerprint density at radius 1 is 1.69 bits per heavy atom. The summed E-state index contributed by atoms with van der Waals surface area (Å²) in [7, 11) is -3.34. The van der Waals surface area contributed by atoms with Gasteiger partial charge >= 0.3 is 0 Å². The fourth-order valence-corrected chi connectivity index (χ4v) is 3.05. The van der Waals surface area contributed by atoms with Gasteiger partial charge in [0, 0.05) is 12.6 Å². The smallest absolute Gasteiger partial charge is 0.250 e. The third-order valence-corrected chi connectivity index (χ3v) is 4.46. The highest BCUT2D eigenvalue weighted by molar-refractivity contribution is 7.91. The zero-order valence-corrected chi connectivity index (χ0v) is 8.86. The molecule has 4 nitrogen and oxygen atoms in total. The highest BCUT2D eigenvalue weighted by Gasteiger charge is 2.16. The highest BCUT2D eigenvalue weighted by atomic mass is 32.2. The molecule has 0 radical (unpaired) electrons. The van der Waals surface area contributed by atoms with Gasteiger partial charge in [0.15, 0.2) is 0 Å². The standard InChI is InChI=1S/C7H12N2O2S2/c1-6(5-8)9-13(10,11)7-3-2-4-12-7/h2-4,6,9H,5,8H2,1H3. The van der Waals surface area contributed by atoms with Crippen molar-refractivity contribution < 1.29 is 8.42 Å². The van der Waals surface area contributed by atoms with Gasteiger partial charge in [0.1, 0.15) is 4.21 Å². The van der Waals surface area contributed by atoms with E-state index in [0.29, 0.717) is 10.8 Å². The average molecular weight is 220 g/mol. The molecule has 1 unspecified atom stereocenters. The lowest BCUT2D eigenvalue weighted by Gasteiger charge is -2.09. The van der Waals surface area contributed by atoms with Crippen molar-refractivity contribution in [2.75, 3.05) is 6.54 Å². The Balaban J connectivity index is 2.79. The average Bonchev–Trinajstić information content (AvgIpc) is 2.55. The van der Waals surface area contributed by atoms with Crippen LogP contribution in [-0.4, -0.2) is 21.0 Å². The van der Waals surface area contributed by atoms with Crippen molar-refractivity contribution in [3.8, 4) is 0 Å². The first-order valence-electron chi connectivity index (χ1n) is 3.82. The summed E-state index contributed by atoms with van der Waals surface area (Å²) in [5.74, 6) is 0. The van der Waals surface area contributed by atoms with E-state index in [-0.39, 0.29) is 6.04 Å². The normalized spacial score (nSPS) is 14.3. The van der Waals surface area contributed by atoms with Crippen molar-refractivity contribution in [3.05, 3.63) is 17.5 Å². The summed E-state index contributed by atoms with van der Waals surface area (Å²) in [5.41, 5.74) is 5.31. The summed E-state index contributed by atoms with van der Waals surface area (Å²) >= 11 is 1.19. The van der Waals surface area contributed by atoms with Crippen molar-refractivity contribution in [2.24, 2.45) is 5.73 Å². The number of hydrogen-bond donors (Lipinski definition) is 2. The second-order valence-corrected chi connectivity index (χ2v) is 5.58. The number of hydrogen-bond acceptors (Lipinski definition) is 4. The molecule has 0 spiro atoms. The van der Waals surface area contributed by atoms with E-state index >= 15 is 0 Å². The van der Waals surface area contributed by atoms with Gasteiger partial charge in [-0.3, -0.25) is 0 Å². The van der Waals surface area contributed by atoms with Crippen LogP contribution >= 0.6 is 11.3 Å². The van der Waals surface area contributed by atoms with Gasteiger partial charge in [-0.05, 0) is 18.4 Å². The van der Waals surface area contributed by atoms with Gasteiger partial charge in [-0.15, -0.1) is 11.3 Å². The molecule has 1 heterocycles. The van der Waals surface area contributed by atoms with Crippen molar-refractivity contribution in [1.29, 1.82) is 0 Å². The number of thiophene rings is 1. The van der Waals surface area contributed by atoms with Crippen LogP contribution in [0.4, 0.5) is 0 Å². The zero-order valence-electron chi connectivity index (χ0n) is 7.23. The summed E-state index contributed by atoms with van der Waals surface area (Å²) in [6.07, 6.45) is 0. The van der Waals surface area contributed by atoms with E-state index in [1.165, 1.54) is 11.3 Å². The molecule has 3 N–H and O–H groups in total. The molecule has 0 aliphatic rings. The fourth-order valence-electron chi connectivity index (χ4n) is 0.787. The Kier molecular flexibility index (Phi) is 3.43. The van der Waals surface area contributed by atoms with E-state index in [1.807, 2.05) is 0 Å². The van der Waals surface area contributed by atoms with Gasteiger partial charge in [-0.2, -0.15) is 0 Å². The lowest BCUT2D eigenvalue weighted by Crippen LogP contribution is -2.37. The number of sulfonamides is 1. The molecule has 0 saturated heterocycles. The first-order chi connectivity index (χ1) is 6.06. The summed E-state index contributed by atoms with van der Waals surface area (Å²) in [6, 6.07) is 3.04. The van der Waals surface area contributed by atoms with E-state index in [4.69, 9.17) is 5.73 Å². The maximum Gasteiger partial charge on any atom is 0.250 e. The Bertz CT molecular complexity index is 345. The highest BCUT2D eigenvalue weighted by Crippen LogP contribution is 2.15. The van der Waals surface area contributed by atoms with Crippen LogP contribution in [0.25, 0.3) is 0 Å². The summed E-state index contributed by atoms with van der Waals surface area (Å²) in [4.78, 5) is 0. The number of rotatable bonds is 4. The van der Waals surface area contributed by atoms with Crippen LogP contribution in [0.2, 0.25) is 0 Å². The number of nitrogens with two attached hydrogens (primary N) is 1. The van der Waals surface area contributed by atoms with Crippen LogP contribution in [0.15, 0.2) is 21.7 Å². The molecule has 1 aromatic heterocycles. The van der Waals surface area contributed by atoms with Crippen molar-refractivity contribution in [2.45, 2.75) is 17.2 Å². The van der Waals surface area contributed by atoms with E-state index in [9.17, 15) is 8.42 Å². The largest absolute Gasteiger partial charge is 0.329 e. The molecule has 0 aliphatic heterocycles. The first kappa shape index (κ1) is 10.6. The van der Waals surface area contributed by atoms with Crippen LogP contribution in [0.3, 0.4) is 0 Å². The molecule has 6 heteroatoms. The molecule has 1 rings (SSSR count). The van der Waals surface area contributed by atoms with Crippen LogP contribution in [0, 0.1) is 0 Å². The SMILES string of the molecule is CC(CN)NS(=O)(=O)c1cccs1. The molecule has 0 bridgehead atoms. The summed E-state index contributed by atoms with van der Waals surface area (Å²) < 4.78 is 25.8. The third-order valence-electron chi connectivity index (χ3n) is 1.47. The minimum atomic E-state index is -3.34. The molecule has 0 fully saturated rings.